The van der Waals surface area contributed by atoms with E-state index >= 15 is 0 Å². The lowest BCUT2D eigenvalue weighted by atomic mass is 9.93. The molecule has 2 rings (SSSR count). The number of carbonyl (C=O) groups is 1. The second-order valence-corrected chi connectivity index (χ2v) is 5.98. The molecule has 4 nitrogen and oxygen atoms in total. The molecule has 3 atom stereocenters. The van der Waals surface area contributed by atoms with Crippen LogP contribution in [0.5, 0.6) is 0 Å². The van der Waals surface area contributed by atoms with Crippen molar-refractivity contribution < 1.29 is 22.7 Å². The lowest BCUT2D eigenvalue weighted by Crippen LogP contribution is -2.52. The molecule has 7 heteroatoms. The van der Waals surface area contributed by atoms with Gasteiger partial charge in [0.1, 0.15) is 0 Å². The van der Waals surface area contributed by atoms with Gasteiger partial charge in [-0.25, -0.2) is 0 Å². The molecule has 21 heavy (non-hydrogen) atoms. The number of carbonyl (C=O) groups excluding carboxylic acids is 1. The largest absolute Gasteiger partial charge is 0.393 e. The number of nitrogens with zero attached hydrogens (tertiary/aromatic N) is 1. The molecule has 0 aliphatic carbocycles. The maximum atomic E-state index is 12.6. The molecule has 1 amide bonds. The Morgan fingerprint density at radius 2 is 2.05 bits per heavy atom. The number of alkyl halides is 3. The molecule has 2 aliphatic heterocycles. The Hall–Kier alpha value is -0.820. The van der Waals surface area contributed by atoms with Gasteiger partial charge in [-0.05, 0) is 32.1 Å². The van der Waals surface area contributed by atoms with Crippen LogP contribution in [0.4, 0.5) is 13.2 Å². The summed E-state index contributed by atoms with van der Waals surface area (Å²) in [6.07, 6.45) is -0.785. The van der Waals surface area contributed by atoms with E-state index in [0.29, 0.717) is 6.54 Å². The van der Waals surface area contributed by atoms with Crippen LogP contribution in [0.3, 0.4) is 0 Å². The Kier molecular flexibility index (Phi) is 5.48. The zero-order valence-electron chi connectivity index (χ0n) is 12.3. The minimum Gasteiger partial charge on any atom is -0.376 e. The van der Waals surface area contributed by atoms with E-state index in [1.54, 1.807) is 11.9 Å². The average molecular weight is 308 g/mol. The van der Waals surface area contributed by atoms with Gasteiger partial charge in [-0.1, -0.05) is 0 Å². The Labute approximate surface area is 123 Å². The van der Waals surface area contributed by atoms with E-state index in [0.717, 1.165) is 25.9 Å². The second kappa shape index (κ2) is 6.96. The second-order valence-electron chi connectivity index (χ2n) is 5.98. The maximum absolute atomic E-state index is 12.6. The third-order valence-electron chi connectivity index (χ3n) is 4.30. The summed E-state index contributed by atoms with van der Waals surface area (Å²) in [5, 5.41) is 2.74. The monoisotopic (exact) mass is 308 g/mol. The highest BCUT2D eigenvalue weighted by molar-refractivity contribution is 5.81. The van der Waals surface area contributed by atoms with E-state index < -0.39 is 18.1 Å². The molecule has 3 unspecified atom stereocenters. The van der Waals surface area contributed by atoms with E-state index in [9.17, 15) is 18.0 Å². The van der Waals surface area contributed by atoms with Crippen molar-refractivity contribution in [1.82, 2.24) is 10.2 Å². The van der Waals surface area contributed by atoms with Crippen molar-refractivity contribution in [3.05, 3.63) is 0 Å². The standard InChI is InChI=1S/C14H23F3N2O2/c1-19(9-11-4-2-3-7-21-11)13(20)12-6-5-10(8-18-12)14(15,16)17/h10-12,18H,2-9H2,1H3. The first-order valence-corrected chi connectivity index (χ1v) is 7.54. The number of hydrogen-bond donors (Lipinski definition) is 1. The van der Waals surface area contributed by atoms with Crippen LogP contribution >= 0.6 is 0 Å². The summed E-state index contributed by atoms with van der Waals surface area (Å²) in [6.45, 7) is 1.06. The summed E-state index contributed by atoms with van der Waals surface area (Å²) in [5.74, 6) is -1.47. The van der Waals surface area contributed by atoms with E-state index in [4.69, 9.17) is 4.74 Å². The lowest BCUT2D eigenvalue weighted by molar-refractivity contribution is -0.180. The fourth-order valence-electron chi connectivity index (χ4n) is 2.96. The number of rotatable bonds is 3. The number of likely N-dealkylation sites (N-methyl/N-ethyl adjacent to an activating group) is 1. The van der Waals surface area contributed by atoms with Gasteiger partial charge in [0.25, 0.3) is 0 Å². The zero-order chi connectivity index (χ0) is 15.5. The van der Waals surface area contributed by atoms with Crippen LogP contribution < -0.4 is 5.32 Å². The summed E-state index contributed by atoms with van der Waals surface area (Å²) < 4.78 is 43.3. The topological polar surface area (TPSA) is 41.6 Å². The van der Waals surface area contributed by atoms with E-state index in [-0.39, 0.29) is 31.4 Å². The average Bonchev–Trinajstić information content (AvgIpc) is 2.46. The summed E-state index contributed by atoms with van der Waals surface area (Å²) in [5.41, 5.74) is 0. The van der Waals surface area contributed by atoms with Gasteiger partial charge in [0.2, 0.25) is 5.91 Å². The van der Waals surface area contributed by atoms with Crippen molar-refractivity contribution in [2.24, 2.45) is 5.92 Å². The van der Waals surface area contributed by atoms with Gasteiger partial charge in [0.05, 0.1) is 18.1 Å². The molecule has 1 N–H and O–H groups in total. The molecule has 0 aromatic carbocycles. The van der Waals surface area contributed by atoms with Crippen LogP contribution in [0.1, 0.15) is 32.1 Å². The highest BCUT2D eigenvalue weighted by Gasteiger charge is 2.42. The predicted molar refractivity (Wildman–Crippen MR) is 71.8 cm³/mol. The third kappa shape index (κ3) is 4.57. The van der Waals surface area contributed by atoms with Crippen LogP contribution in [0.2, 0.25) is 0 Å². The number of piperidine rings is 1. The Bertz CT molecular complexity index is 349. The van der Waals surface area contributed by atoms with Gasteiger partial charge in [0, 0.05) is 26.7 Å². The van der Waals surface area contributed by atoms with Crippen molar-refractivity contribution in [2.45, 2.75) is 50.4 Å². The first-order valence-electron chi connectivity index (χ1n) is 7.54. The highest BCUT2D eigenvalue weighted by Crippen LogP contribution is 2.32. The van der Waals surface area contributed by atoms with Crippen LogP contribution in [-0.2, 0) is 9.53 Å². The minimum atomic E-state index is -4.18. The van der Waals surface area contributed by atoms with Crippen LogP contribution in [-0.4, -0.2) is 55.9 Å². The maximum Gasteiger partial charge on any atom is 0.393 e. The van der Waals surface area contributed by atoms with Crippen LogP contribution in [0.25, 0.3) is 0 Å². The fraction of sp³-hybridized carbons (Fsp3) is 0.929. The fourth-order valence-corrected chi connectivity index (χ4v) is 2.96. The molecular weight excluding hydrogens is 285 g/mol. The number of ether oxygens (including phenoxy) is 1. The molecule has 0 spiro atoms. The van der Waals surface area contributed by atoms with Gasteiger partial charge >= 0.3 is 6.18 Å². The van der Waals surface area contributed by atoms with E-state index in [2.05, 4.69) is 5.32 Å². The smallest absolute Gasteiger partial charge is 0.376 e. The van der Waals surface area contributed by atoms with Crippen molar-refractivity contribution >= 4 is 5.91 Å². The van der Waals surface area contributed by atoms with Gasteiger partial charge in [0.15, 0.2) is 0 Å². The van der Waals surface area contributed by atoms with Gasteiger partial charge in [-0.15, -0.1) is 0 Å². The molecule has 2 saturated heterocycles. The number of amides is 1. The molecule has 0 bridgehead atoms. The molecule has 2 fully saturated rings. The van der Waals surface area contributed by atoms with Gasteiger partial charge in [-0.2, -0.15) is 13.2 Å². The van der Waals surface area contributed by atoms with Gasteiger partial charge < -0.3 is 15.0 Å². The number of halogens is 3. The molecule has 0 radical (unpaired) electrons. The van der Waals surface area contributed by atoms with Crippen molar-refractivity contribution in [2.75, 3.05) is 26.7 Å². The molecule has 2 aliphatic rings. The number of nitrogens with one attached hydrogen (secondary N) is 1. The Morgan fingerprint density at radius 1 is 1.29 bits per heavy atom. The minimum absolute atomic E-state index is 0.0146. The van der Waals surface area contributed by atoms with Crippen LogP contribution in [0, 0.1) is 5.92 Å². The van der Waals surface area contributed by atoms with Gasteiger partial charge in [-0.3, -0.25) is 4.79 Å². The van der Waals surface area contributed by atoms with Crippen molar-refractivity contribution in [3.63, 3.8) is 0 Å². The lowest BCUT2D eigenvalue weighted by Gasteiger charge is -2.34. The van der Waals surface area contributed by atoms with Crippen molar-refractivity contribution in [1.29, 1.82) is 0 Å². The SMILES string of the molecule is CN(CC1CCCCO1)C(=O)C1CCC(C(F)(F)F)CN1. The summed E-state index contributed by atoms with van der Waals surface area (Å²) >= 11 is 0. The quantitative estimate of drug-likeness (QED) is 0.866. The molecule has 122 valence electrons. The molecule has 2 heterocycles. The predicted octanol–water partition coefficient (Wildman–Crippen LogP) is 1.94. The van der Waals surface area contributed by atoms with E-state index in [1.165, 1.54) is 0 Å². The molecule has 0 aromatic heterocycles. The summed E-state index contributed by atoms with van der Waals surface area (Å²) in [4.78, 5) is 13.8. The van der Waals surface area contributed by atoms with Crippen LogP contribution in [0.15, 0.2) is 0 Å². The zero-order valence-corrected chi connectivity index (χ0v) is 12.3. The van der Waals surface area contributed by atoms with Crippen molar-refractivity contribution in [3.8, 4) is 0 Å². The summed E-state index contributed by atoms with van der Waals surface area (Å²) in [6, 6.07) is -0.503. The first-order chi connectivity index (χ1) is 9.88. The highest BCUT2D eigenvalue weighted by atomic mass is 19.4. The normalized spacial score (nSPS) is 31.0. The first kappa shape index (κ1) is 16.5. The third-order valence-corrected chi connectivity index (χ3v) is 4.30. The summed E-state index contributed by atoms with van der Waals surface area (Å²) in [7, 11) is 1.69. The number of hydrogen-bond acceptors (Lipinski definition) is 3. The Morgan fingerprint density at radius 3 is 2.57 bits per heavy atom. The Balaban J connectivity index is 1.78. The van der Waals surface area contributed by atoms with E-state index in [1.807, 2.05) is 0 Å². The molecular formula is C14H23F3N2O2. The molecule has 0 saturated carbocycles. The molecule has 0 aromatic rings.